The van der Waals surface area contributed by atoms with Gasteiger partial charge in [-0.2, -0.15) is 0 Å². The van der Waals surface area contributed by atoms with Crippen molar-refractivity contribution < 1.29 is 14.3 Å². The van der Waals surface area contributed by atoms with Crippen LogP contribution in [0.4, 0.5) is 0 Å². The van der Waals surface area contributed by atoms with Gasteiger partial charge in [0.1, 0.15) is 0 Å². The lowest BCUT2D eigenvalue weighted by molar-refractivity contribution is -0.120. The van der Waals surface area contributed by atoms with Gasteiger partial charge in [0, 0.05) is 18.9 Å². The van der Waals surface area contributed by atoms with Crippen molar-refractivity contribution in [3.63, 3.8) is 0 Å². The van der Waals surface area contributed by atoms with Crippen molar-refractivity contribution in [2.75, 3.05) is 14.2 Å². The van der Waals surface area contributed by atoms with Gasteiger partial charge in [0.25, 0.3) is 0 Å². The van der Waals surface area contributed by atoms with E-state index in [1.807, 2.05) is 31.2 Å². The number of aryl methyl sites for hydroxylation is 1. The van der Waals surface area contributed by atoms with Crippen LogP contribution in [0, 0.1) is 6.92 Å². The topological polar surface area (TPSA) is 60.5 Å². The second-order valence-corrected chi connectivity index (χ2v) is 4.95. The fourth-order valence-corrected chi connectivity index (χ4v) is 2.15. The van der Waals surface area contributed by atoms with Crippen LogP contribution in [-0.2, 0) is 17.8 Å². The number of nitrogens with zero attached hydrogens (tertiary/aromatic N) is 1. The molecule has 0 fully saturated rings. The van der Waals surface area contributed by atoms with E-state index in [1.165, 1.54) is 0 Å². The number of aromatic nitrogens is 1. The van der Waals surface area contributed by atoms with Gasteiger partial charge in [-0.1, -0.05) is 6.07 Å². The monoisotopic (exact) mass is 300 g/mol. The van der Waals surface area contributed by atoms with Crippen LogP contribution in [0.1, 0.15) is 16.7 Å². The van der Waals surface area contributed by atoms with Crippen molar-refractivity contribution >= 4 is 5.91 Å². The Balaban J connectivity index is 2.02. The average Bonchev–Trinajstić information content (AvgIpc) is 2.55. The fourth-order valence-electron chi connectivity index (χ4n) is 2.15. The summed E-state index contributed by atoms with van der Waals surface area (Å²) in [6.07, 6.45) is 3.74. The van der Waals surface area contributed by atoms with Gasteiger partial charge in [-0.05, 0) is 41.8 Å². The van der Waals surface area contributed by atoms with E-state index in [9.17, 15) is 4.79 Å². The van der Waals surface area contributed by atoms with Crippen molar-refractivity contribution in [1.29, 1.82) is 0 Å². The molecule has 2 rings (SSSR count). The lowest BCUT2D eigenvalue weighted by Gasteiger charge is -2.13. The molecule has 2 aromatic rings. The van der Waals surface area contributed by atoms with Gasteiger partial charge >= 0.3 is 0 Å². The molecule has 0 bridgehead atoms. The number of rotatable bonds is 6. The summed E-state index contributed by atoms with van der Waals surface area (Å²) in [5.74, 6) is 1.25. The molecule has 0 aliphatic rings. The number of nitrogens with one attached hydrogen (secondary N) is 1. The second kappa shape index (κ2) is 7.45. The molecule has 116 valence electrons. The van der Waals surface area contributed by atoms with Gasteiger partial charge in [0.05, 0.1) is 20.6 Å². The van der Waals surface area contributed by atoms with E-state index in [4.69, 9.17) is 9.47 Å². The van der Waals surface area contributed by atoms with Crippen molar-refractivity contribution in [2.45, 2.75) is 19.9 Å². The maximum atomic E-state index is 12.1. The fraction of sp³-hybridized carbons (Fsp3) is 0.294. The molecule has 1 heterocycles. The predicted molar refractivity (Wildman–Crippen MR) is 84.1 cm³/mol. The Bertz CT molecular complexity index is 642. The maximum Gasteiger partial charge on any atom is 0.224 e. The van der Waals surface area contributed by atoms with E-state index in [0.717, 1.165) is 16.7 Å². The Morgan fingerprint density at radius 2 is 1.95 bits per heavy atom. The number of benzene rings is 1. The number of pyridine rings is 1. The van der Waals surface area contributed by atoms with Crippen molar-refractivity contribution in [2.24, 2.45) is 0 Å². The number of methoxy groups -OCH3 is 2. The minimum atomic E-state index is -0.0424. The van der Waals surface area contributed by atoms with Crippen LogP contribution in [0.15, 0.2) is 36.7 Å². The Hall–Kier alpha value is -2.56. The number of carbonyl (C=O) groups excluding carboxylic acids is 1. The van der Waals surface area contributed by atoms with Gasteiger partial charge in [-0.3, -0.25) is 9.78 Å². The zero-order valence-electron chi connectivity index (χ0n) is 13.1. The molecular weight excluding hydrogens is 280 g/mol. The molecule has 1 aromatic heterocycles. The Morgan fingerprint density at radius 3 is 2.59 bits per heavy atom. The summed E-state index contributed by atoms with van der Waals surface area (Å²) in [6, 6.07) is 7.50. The number of hydrogen-bond acceptors (Lipinski definition) is 4. The lowest BCUT2D eigenvalue weighted by atomic mass is 10.0. The molecule has 0 unspecified atom stereocenters. The van der Waals surface area contributed by atoms with Gasteiger partial charge in [-0.15, -0.1) is 0 Å². The zero-order chi connectivity index (χ0) is 15.9. The van der Waals surface area contributed by atoms with Crippen LogP contribution in [-0.4, -0.2) is 25.1 Å². The Kier molecular flexibility index (Phi) is 5.36. The summed E-state index contributed by atoms with van der Waals surface area (Å²) in [4.78, 5) is 16.1. The van der Waals surface area contributed by atoms with Gasteiger partial charge < -0.3 is 14.8 Å². The summed E-state index contributed by atoms with van der Waals surface area (Å²) >= 11 is 0. The normalized spacial score (nSPS) is 10.1. The van der Waals surface area contributed by atoms with Gasteiger partial charge in [-0.25, -0.2) is 0 Å². The number of carbonyl (C=O) groups is 1. The number of hydrogen-bond donors (Lipinski definition) is 1. The van der Waals surface area contributed by atoms with Crippen LogP contribution in [0.3, 0.4) is 0 Å². The SMILES string of the molecule is COc1cc(C)c(CC(=O)NCc2cccnc2)cc1OC. The summed E-state index contributed by atoms with van der Waals surface area (Å²) in [5, 5.41) is 2.89. The first-order valence-electron chi connectivity index (χ1n) is 7.01. The third-order valence-corrected chi connectivity index (χ3v) is 3.41. The molecule has 1 N–H and O–H groups in total. The molecule has 0 saturated carbocycles. The molecule has 5 nitrogen and oxygen atoms in total. The highest BCUT2D eigenvalue weighted by Gasteiger charge is 2.11. The molecule has 22 heavy (non-hydrogen) atoms. The van der Waals surface area contributed by atoms with E-state index in [0.29, 0.717) is 24.5 Å². The van der Waals surface area contributed by atoms with E-state index in [1.54, 1.807) is 26.6 Å². The van der Waals surface area contributed by atoms with Gasteiger partial charge in [0.2, 0.25) is 5.91 Å². The molecular formula is C17H20N2O3. The highest BCUT2D eigenvalue weighted by molar-refractivity contribution is 5.79. The first-order chi connectivity index (χ1) is 10.6. The van der Waals surface area contributed by atoms with Crippen LogP contribution < -0.4 is 14.8 Å². The quantitative estimate of drug-likeness (QED) is 0.889. The summed E-state index contributed by atoms with van der Waals surface area (Å²) in [7, 11) is 3.18. The molecule has 0 atom stereocenters. The minimum Gasteiger partial charge on any atom is -0.493 e. The third kappa shape index (κ3) is 3.97. The van der Waals surface area contributed by atoms with E-state index < -0.39 is 0 Å². The van der Waals surface area contributed by atoms with Crippen LogP contribution in [0.5, 0.6) is 11.5 Å². The summed E-state index contributed by atoms with van der Waals surface area (Å²) < 4.78 is 10.5. The number of amides is 1. The van der Waals surface area contributed by atoms with Crippen LogP contribution >= 0.6 is 0 Å². The van der Waals surface area contributed by atoms with Gasteiger partial charge in [0.15, 0.2) is 11.5 Å². The highest BCUT2D eigenvalue weighted by atomic mass is 16.5. The molecule has 5 heteroatoms. The molecule has 0 saturated heterocycles. The van der Waals surface area contributed by atoms with E-state index >= 15 is 0 Å². The van der Waals surface area contributed by atoms with E-state index in [-0.39, 0.29) is 5.91 Å². The second-order valence-electron chi connectivity index (χ2n) is 4.95. The third-order valence-electron chi connectivity index (χ3n) is 3.41. The largest absolute Gasteiger partial charge is 0.493 e. The molecule has 0 aliphatic carbocycles. The van der Waals surface area contributed by atoms with Crippen molar-refractivity contribution in [3.05, 3.63) is 53.3 Å². The first-order valence-corrected chi connectivity index (χ1v) is 7.01. The minimum absolute atomic E-state index is 0.0424. The molecule has 0 spiro atoms. The summed E-state index contributed by atoms with van der Waals surface area (Å²) in [6.45, 7) is 2.42. The molecule has 0 radical (unpaired) electrons. The average molecular weight is 300 g/mol. The highest BCUT2D eigenvalue weighted by Crippen LogP contribution is 2.30. The van der Waals surface area contributed by atoms with Crippen molar-refractivity contribution in [3.8, 4) is 11.5 Å². The van der Waals surface area contributed by atoms with Crippen LogP contribution in [0.25, 0.3) is 0 Å². The number of ether oxygens (including phenoxy) is 2. The molecule has 1 aromatic carbocycles. The Labute approximate surface area is 130 Å². The Morgan fingerprint density at radius 1 is 1.23 bits per heavy atom. The predicted octanol–water partition coefficient (Wildman–Crippen LogP) is 2.27. The smallest absolute Gasteiger partial charge is 0.224 e. The standard InChI is InChI=1S/C17H20N2O3/c1-12-7-15(21-2)16(22-3)8-14(12)9-17(20)19-11-13-5-4-6-18-10-13/h4-8,10H,9,11H2,1-3H3,(H,19,20). The lowest BCUT2D eigenvalue weighted by Crippen LogP contribution is -2.24. The maximum absolute atomic E-state index is 12.1. The molecule has 1 amide bonds. The van der Waals surface area contributed by atoms with Crippen LogP contribution in [0.2, 0.25) is 0 Å². The van der Waals surface area contributed by atoms with Crippen molar-refractivity contribution in [1.82, 2.24) is 10.3 Å². The zero-order valence-corrected chi connectivity index (χ0v) is 13.1. The van der Waals surface area contributed by atoms with E-state index in [2.05, 4.69) is 10.3 Å². The first kappa shape index (κ1) is 15.8. The summed E-state index contributed by atoms with van der Waals surface area (Å²) in [5.41, 5.74) is 2.88. The molecule has 0 aliphatic heterocycles.